The molecule has 0 atom stereocenters. The summed E-state index contributed by atoms with van der Waals surface area (Å²) in [6.07, 6.45) is 2.93. The number of rotatable bonds is 6. The molecule has 0 bridgehead atoms. The van der Waals surface area contributed by atoms with E-state index in [0.717, 1.165) is 11.1 Å². The molecule has 0 saturated heterocycles. The fraction of sp³-hybridized carbons (Fsp3) is 0.316. The van der Waals surface area contributed by atoms with Gasteiger partial charge in [-0.25, -0.2) is 0 Å². The topological polar surface area (TPSA) is 71.1 Å². The molecule has 2 rings (SSSR count). The summed E-state index contributed by atoms with van der Waals surface area (Å²) in [5, 5.41) is 5.67. The molecular formula is C19H23N3O2. The van der Waals surface area contributed by atoms with Crippen LogP contribution in [0.15, 0.2) is 42.7 Å². The Bertz CT molecular complexity index is 726. The first-order valence-electron chi connectivity index (χ1n) is 8.02. The summed E-state index contributed by atoms with van der Waals surface area (Å²) in [6.45, 7) is 7.07. The van der Waals surface area contributed by atoms with Gasteiger partial charge in [-0.3, -0.25) is 14.6 Å². The molecule has 0 spiro atoms. The Morgan fingerprint density at radius 1 is 1.04 bits per heavy atom. The number of nitrogens with one attached hydrogen (secondary N) is 2. The lowest BCUT2D eigenvalue weighted by Crippen LogP contribution is -2.28. The Morgan fingerprint density at radius 3 is 2.33 bits per heavy atom. The number of nitrogens with zero attached hydrogens (tertiary/aromatic N) is 1. The molecule has 0 aliphatic heterocycles. The third-order valence-corrected chi connectivity index (χ3v) is 3.47. The zero-order valence-electron chi connectivity index (χ0n) is 14.3. The first-order chi connectivity index (χ1) is 11.5. The van der Waals surface area contributed by atoms with E-state index in [1.54, 1.807) is 6.07 Å². The van der Waals surface area contributed by atoms with Crippen molar-refractivity contribution in [2.24, 2.45) is 5.92 Å². The third kappa shape index (κ3) is 5.19. The van der Waals surface area contributed by atoms with E-state index < -0.39 is 0 Å². The molecule has 5 heteroatoms. The lowest BCUT2D eigenvalue weighted by atomic mass is 10.1. The Labute approximate surface area is 142 Å². The molecule has 0 unspecified atom stereocenters. The van der Waals surface area contributed by atoms with Crippen LogP contribution in [0, 0.1) is 12.8 Å². The summed E-state index contributed by atoms with van der Waals surface area (Å²) in [6, 6.07) is 9.51. The molecule has 2 N–H and O–H groups in total. The van der Waals surface area contributed by atoms with Gasteiger partial charge >= 0.3 is 0 Å². The van der Waals surface area contributed by atoms with E-state index >= 15 is 0 Å². The van der Waals surface area contributed by atoms with E-state index in [1.807, 2.05) is 45.0 Å². The van der Waals surface area contributed by atoms with Gasteiger partial charge in [0.25, 0.3) is 11.8 Å². The summed E-state index contributed by atoms with van der Waals surface area (Å²) in [5.41, 5.74) is 2.94. The third-order valence-electron chi connectivity index (χ3n) is 3.47. The van der Waals surface area contributed by atoms with Gasteiger partial charge in [0.05, 0.1) is 11.1 Å². The normalized spacial score (nSPS) is 10.5. The van der Waals surface area contributed by atoms with E-state index in [9.17, 15) is 9.59 Å². The maximum atomic E-state index is 12.3. The number of pyridine rings is 1. The van der Waals surface area contributed by atoms with E-state index in [1.165, 1.54) is 12.4 Å². The summed E-state index contributed by atoms with van der Waals surface area (Å²) < 4.78 is 0. The fourth-order valence-electron chi connectivity index (χ4n) is 2.19. The second kappa shape index (κ2) is 8.24. The van der Waals surface area contributed by atoms with Crippen molar-refractivity contribution in [2.75, 3.05) is 6.54 Å². The highest BCUT2D eigenvalue weighted by Gasteiger charge is 2.11. The molecular weight excluding hydrogens is 302 g/mol. The Kier molecular flexibility index (Phi) is 6.07. The molecule has 2 amide bonds. The van der Waals surface area contributed by atoms with Gasteiger partial charge < -0.3 is 10.6 Å². The van der Waals surface area contributed by atoms with Crippen LogP contribution in [-0.2, 0) is 6.54 Å². The van der Waals surface area contributed by atoms with Crippen molar-refractivity contribution in [3.8, 4) is 0 Å². The highest BCUT2D eigenvalue weighted by atomic mass is 16.2. The molecule has 24 heavy (non-hydrogen) atoms. The van der Waals surface area contributed by atoms with Crippen molar-refractivity contribution >= 4 is 11.8 Å². The van der Waals surface area contributed by atoms with Crippen LogP contribution in [0.4, 0.5) is 0 Å². The number of aromatic nitrogens is 1. The van der Waals surface area contributed by atoms with E-state index in [-0.39, 0.29) is 11.8 Å². The standard InChI is InChI=1S/C19H23N3O2/c1-13(2)9-21-18(23)16-8-17(12-20-11-16)19(24)22-10-15-6-4-5-14(3)7-15/h4-8,11-13H,9-10H2,1-3H3,(H,21,23)(H,22,24). The zero-order chi connectivity index (χ0) is 17.5. The van der Waals surface area contributed by atoms with Gasteiger partial charge in [0.1, 0.15) is 0 Å². The van der Waals surface area contributed by atoms with Crippen molar-refractivity contribution in [2.45, 2.75) is 27.3 Å². The van der Waals surface area contributed by atoms with E-state index in [2.05, 4.69) is 15.6 Å². The molecule has 0 saturated carbocycles. The van der Waals surface area contributed by atoms with Gasteiger partial charge in [-0.15, -0.1) is 0 Å². The lowest BCUT2D eigenvalue weighted by molar-refractivity contribution is 0.0948. The minimum atomic E-state index is -0.248. The minimum absolute atomic E-state index is 0.218. The molecule has 0 aliphatic carbocycles. The highest BCUT2D eigenvalue weighted by molar-refractivity contribution is 5.99. The van der Waals surface area contributed by atoms with Crippen LogP contribution >= 0.6 is 0 Å². The number of benzene rings is 1. The number of hydrogen-bond acceptors (Lipinski definition) is 3. The lowest BCUT2D eigenvalue weighted by Gasteiger charge is -2.09. The van der Waals surface area contributed by atoms with Crippen LogP contribution in [-0.4, -0.2) is 23.3 Å². The largest absolute Gasteiger partial charge is 0.352 e. The first-order valence-corrected chi connectivity index (χ1v) is 8.02. The number of carbonyl (C=O) groups excluding carboxylic acids is 2. The molecule has 1 aromatic carbocycles. The van der Waals surface area contributed by atoms with Crippen molar-refractivity contribution in [3.63, 3.8) is 0 Å². The van der Waals surface area contributed by atoms with Gasteiger partial charge in [-0.1, -0.05) is 43.7 Å². The van der Waals surface area contributed by atoms with Gasteiger partial charge in [0.2, 0.25) is 0 Å². The molecule has 126 valence electrons. The van der Waals surface area contributed by atoms with Gasteiger partial charge in [-0.05, 0) is 24.5 Å². The van der Waals surface area contributed by atoms with E-state index in [0.29, 0.717) is 30.1 Å². The molecule has 1 heterocycles. The number of carbonyl (C=O) groups is 2. The average molecular weight is 325 g/mol. The summed E-state index contributed by atoms with van der Waals surface area (Å²) in [5.74, 6) is -0.102. The number of aryl methyl sites for hydroxylation is 1. The SMILES string of the molecule is Cc1cccc(CNC(=O)c2cncc(C(=O)NCC(C)C)c2)c1. The summed E-state index contributed by atoms with van der Waals surface area (Å²) >= 11 is 0. The van der Waals surface area contributed by atoms with Crippen LogP contribution < -0.4 is 10.6 Å². The number of hydrogen-bond donors (Lipinski definition) is 2. The van der Waals surface area contributed by atoms with Gasteiger partial charge in [0, 0.05) is 25.5 Å². The zero-order valence-corrected chi connectivity index (χ0v) is 14.3. The van der Waals surface area contributed by atoms with Crippen LogP contribution in [0.5, 0.6) is 0 Å². The molecule has 0 fully saturated rings. The quantitative estimate of drug-likeness (QED) is 0.858. The Morgan fingerprint density at radius 2 is 1.71 bits per heavy atom. The highest BCUT2D eigenvalue weighted by Crippen LogP contribution is 2.06. The van der Waals surface area contributed by atoms with Crippen LogP contribution in [0.2, 0.25) is 0 Å². The van der Waals surface area contributed by atoms with Crippen molar-refractivity contribution in [1.82, 2.24) is 15.6 Å². The molecule has 5 nitrogen and oxygen atoms in total. The maximum absolute atomic E-state index is 12.3. The van der Waals surface area contributed by atoms with Crippen LogP contribution in [0.25, 0.3) is 0 Å². The summed E-state index contributed by atoms with van der Waals surface area (Å²) in [4.78, 5) is 28.3. The molecule has 2 aromatic rings. The van der Waals surface area contributed by atoms with Crippen LogP contribution in [0.3, 0.4) is 0 Å². The predicted molar refractivity (Wildman–Crippen MR) is 93.8 cm³/mol. The van der Waals surface area contributed by atoms with E-state index in [4.69, 9.17) is 0 Å². The average Bonchev–Trinajstić information content (AvgIpc) is 2.57. The monoisotopic (exact) mass is 325 g/mol. The maximum Gasteiger partial charge on any atom is 0.253 e. The molecule has 0 aliphatic rings. The molecule has 1 aromatic heterocycles. The number of amides is 2. The fourth-order valence-corrected chi connectivity index (χ4v) is 2.19. The Balaban J connectivity index is 1.99. The van der Waals surface area contributed by atoms with Crippen molar-refractivity contribution in [3.05, 3.63) is 65.0 Å². The Hall–Kier alpha value is -2.69. The predicted octanol–water partition coefficient (Wildman–Crippen LogP) is 2.71. The van der Waals surface area contributed by atoms with Crippen molar-refractivity contribution < 1.29 is 9.59 Å². The smallest absolute Gasteiger partial charge is 0.253 e. The van der Waals surface area contributed by atoms with Crippen molar-refractivity contribution in [1.29, 1.82) is 0 Å². The van der Waals surface area contributed by atoms with Gasteiger partial charge in [0.15, 0.2) is 0 Å². The van der Waals surface area contributed by atoms with Gasteiger partial charge in [-0.2, -0.15) is 0 Å². The first kappa shape index (κ1) is 17.7. The molecule has 0 radical (unpaired) electrons. The minimum Gasteiger partial charge on any atom is -0.352 e. The van der Waals surface area contributed by atoms with Crippen LogP contribution in [0.1, 0.15) is 45.7 Å². The second-order valence-corrected chi connectivity index (χ2v) is 6.24. The second-order valence-electron chi connectivity index (χ2n) is 6.24. The summed E-state index contributed by atoms with van der Waals surface area (Å²) in [7, 11) is 0.